The summed E-state index contributed by atoms with van der Waals surface area (Å²) >= 11 is 3.56. The second-order valence-electron chi connectivity index (χ2n) is 7.91. The second-order valence-corrected chi connectivity index (χ2v) is 11.0. The van der Waals surface area contributed by atoms with Crippen LogP contribution >= 0.6 is 15.9 Å². The van der Waals surface area contributed by atoms with Crippen LogP contribution in [0.15, 0.2) is 33.7 Å². The molecule has 2 saturated carbocycles. The van der Waals surface area contributed by atoms with Crippen LogP contribution in [0.1, 0.15) is 38.2 Å². The molecule has 2 aliphatic carbocycles. The van der Waals surface area contributed by atoms with Crippen LogP contribution in [0.25, 0.3) is 0 Å². The molecule has 0 unspecified atom stereocenters. The zero-order chi connectivity index (χ0) is 18.8. The van der Waals surface area contributed by atoms with E-state index in [0.717, 1.165) is 36.4 Å². The van der Waals surface area contributed by atoms with Crippen molar-refractivity contribution in [1.29, 1.82) is 0 Å². The lowest BCUT2D eigenvalue weighted by Crippen LogP contribution is -2.41. The number of nitrogens with one attached hydrogen (secondary N) is 2. The average Bonchev–Trinajstić information content (AvgIpc) is 3.46. The Labute approximate surface area is 165 Å². The first-order valence-electron chi connectivity index (χ1n) is 9.22. The third kappa shape index (κ3) is 5.22. The summed E-state index contributed by atoms with van der Waals surface area (Å²) in [5, 5.41) is 6.77. The van der Waals surface area contributed by atoms with Gasteiger partial charge in [0.05, 0.1) is 5.75 Å². The maximum Gasteiger partial charge on any atom is 0.191 e. The number of rotatable bonds is 8. The van der Waals surface area contributed by atoms with Gasteiger partial charge in [-0.25, -0.2) is 8.42 Å². The molecule has 3 rings (SSSR count). The van der Waals surface area contributed by atoms with E-state index < -0.39 is 9.84 Å². The lowest BCUT2D eigenvalue weighted by Gasteiger charge is -2.20. The molecular formula is C19H28BrN3O2S. The summed E-state index contributed by atoms with van der Waals surface area (Å²) in [4.78, 5) is 4.69. The van der Waals surface area contributed by atoms with Crippen LogP contribution in [0, 0.1) is 5.41 Å². The Morgan fingerprint density at radius 2 is 1.96 bits per heavy atom. The van der Waals surface area contributed by atoms with Crippen LogP contribution in [0.5, 0.6) is 0 Å². The molecular weight excluding hydrogens is 414 g/mol. The van der Waals surface area contributed by atoms with Crippen LogP contribution < -0.4 is 10.6 Å². The zero-order valence-corrected chi connectivity index (χ0v) is 17.9. The molecule has 0 spiro atoms. The Kier molecular flexibility index (Phi) is 5.68. The number of halogens is 1. The van der Waals surface area contributed by atoms with Gasteiger partial charge < -0.3 is 10.6 Å². The lowest BCUT2D eigenvalue weighted by molar-refractivity contribution is 0.549. The molecule has 0 amide bonds. The van der Waals surface area contributed by atoms with Crippen LogP contribution in [0.3, 0.4) is 0 Å². The summed E-state index contributed by atoms with van der Waals surface area (Å²) in [6.45, 7) is 4.24. The minimum absolute atomic E-state index is 0.141. The van der Waals surface area contributed by atoms with Crippen molar-refractivity contribution in [3.8, 4) is 0 Å². The van der Waals surface area contributed by atoms with E-state index in [1.165, 1.54) is 24.7 Å². The molecule has 1 aromatic carbocycles. The molecule has 5 nitrogen and oxygen atoms in total. The minimum Gasteiger partial charge on any atom is -0.357 e. The number of hydrogen-bond acceptors (Lipinski definition) is 3. The Morgan fingerprint density at radius 1 is 1.23 bits per heavy atom. The SMILES string of the molecule is CCNC(=NCC1(CS(C)(=O)=O)CC1)NCC1(c2cccc(Br)c2)CC1. The van der Waals surface area contributed by atoms with Gasteiger partial charge in [0.15, 0.2) is 5.96 Å². The topological polar surface area (TPSA) is 70.6 Å². The zero-order valence-electron chi connectivity index (χ0n) is 15.5. The first-order valence-corrected chi connectivity index (χ1v) is 12.1. The normalized spacial score (nSPS) is 20.5. The molecule has 0 heterocycles. The van der Waals surface area contributed by atoms with Gasteiger partial charge in [-0.05, 0) is 50.3 Å². The Bertz CT molecular complexity index is 784. The highest BCUT2D eigenvalue weighted by atomic mass is 79.9. The maximum atomic E-state index is 11.6. The summed E-state index contributed by atoms with van der Waals surface area (Å²) in [5.74, 6) is 1.03. The quantitative estimate of drug-likeness (QED) is 0.480. The first kappa shape index (κ1) is 19.7. The molecule has 2 aliphatic rings. The van der Waals surface area contributed by atoms with E-state index in [0.29, 0.717) is 6.54 Å². The number of guanidine groups is 1. The number of hydrogen-bond donors (Lipinski definition) is 2. The number of sulfone groups is 1. The summed E-state index contributed by atoms with van der Waals surface area (Å²) in [5.41, 5.74) is 1.40. The molecule has 26 heavy (non-hydrogen) atoms. The van der Waals surface area contributed by atoms with Crippen molar-refractivity contribution < 1.29 is 8.42 Å². The van der Waals surface area contributed by atoms with E-state index in [-0.39, 0.29) is 16.6 Å². The molecule has 0 saturated heterocycles. The molecule has 2 N–H and O–H groups in total. The van der Waals surface area contributed by atoms with Gasteiger partial charge in [-0.3, -0.25) is 4.99 Å². The van der Waals surface area contributed by atoms with Crippen molar-refractivity contribution in [2.75, 3.05) is 31.6 Å². The fraction of sp³-hybridized carbons (Fsp3) is 0.632. The standard InChI is InChI=1S/C19H28BrN3O2S/c1-3-21-17(22-12-18(7-8-18)14-26(2,24)25)23-13-19(9-10-19)15-5-4-6-16(20)11-15/h4-6,11H,3,7-10,12-14H2,1-2H3,(H2,21,22,23). The number of benzene rings is 1. The summed E-state index contributed by atoms with van der Waals surface area (Å²) in [6.07, 6.45) is 5.56. The molecule has 0 aromatic heterocycles. The molecule has 0 bridgehead atoms. The van der Waals surface area contributed by atoms with Crippen molar-refractivity contribution in [2.24, 2.45) is 10.4 Å². The van der Waals surface area contributed by atoms with E-state index in [4.69, 9.17) is 4.99 Å². The molecule has 7 heteroatoms. The third-order valence-electron chi connectivity index (χ3n) is 5.33. The van der Waals surface area contributed by atoms with E-state index in [2.05, 4.69) is 50.8 Å². The van der Waals surface area contributed by atoms with Gasteiger partial charge in [0.1, 0.15) is 9.84 Å². The molecule has 144 valence electrons. The second kappa shape index (κ2) is 7.50. The van der Waals surface area contributed by atoms with Crippen molar-refractivity contribution in [3.63, 3.8) is 0 Å². The fourth-order valence-electron chi connectivity index (χ4n) is 3.46. The highest BCUT2D eigenvalue weighted by Gasteiger charge is 2.46. The Morgan fingerprint density at radius 3 is 2.50 bits per heavy atom. The van der Waals surface area contributed by atoms with Crippen molar-refractivity contribution in [1.82, 2.24) is 10.6 Å². The molecule has 2 fully saturated rings. The third-order valence-corrected chi connectivity index (χ3v) is 6.96. The van der Waals surface area contributed by atoms with Gasteiger partial charge in [0, 0.05) is 41.2 Å². The van der Waals surface area contributed by atoms with E-state index in [1.54, 1.807) is 0 Å². The van der Waals surface area contributed by atoms with Crippen LogP contribution in [0.2, 0.25) is 0 Å². The largest absolute Gasteiger partial charge is 0.357 e. The molecule has 0 radical (unpaired) electrons. The van der Waals surface area contributed by atoms with Gasteiger partial charge in [0.2, 0.25) is 0 Å². The van der Waals surface area contributed by atoms with Crippen molar-refractivity contribution >= 4 is 31.7 Å². The van der Waals surface area contributed by atoms with Crippen LogP contribution in [-0.4, -0.2) is 46.0 Å². The molecule has 0 atom stereocenters. The Balaban J connectivity index is 1.62. The average molecular weight is 442 g/mol. The van der Waals surface area contributed by atoms with Gasteiger partial charge >= 0.3 is 0 Å². The van der Waals surface area contributed by atoms with Gasteiger partial charge in [-0.15, -0.1) is 0 Å². The Hall–Kier alpha value is -1.08. The fourth-order valence-corrected chi connectivity index (χ4v) is 5.35. The predicted molar refractivity (Wildman–Crippen MR) is 110 cm³/mol. The smallest absolute Gasteiger partial charge is 0.191 e. The first-order chi connectivity index (χ1) is 12.3. The van der Waals surface area contributed by atoms with E-state index in [1.807, 2.05) is 6.92 Å². The van der Waals surface area contributed by atoms with Gasteiger partial charge in [-0.1, -0.05) is 28.1 Å². The van der Waals surface area contributed by atoms with Gasteiger partial charge in [-0.2, -0.15) is 0 Å². The van der Waals surface area contributed by atoms with Gasteiger partial charge in [0.25, 0.3) is 0 Å². The number of aliphatic imine (C=N–C) groups is 1. The monoisotopic (exact) mass is 441 g/mol. The lowest BCUT2D eigenvalue weighted by atomic mass is 9.96. The minimum atomic E-state index is -2.96. The maximum absolute atomic E-state index is 11.6. The summed E-state index contributed by atoms with van der Waals surface area (Å²) < 4.78 is 24.4. The summed E-state index contributed by atoms with van der Waals surface area (Å²) in [6, 6.07) is 8.52. The highest BCUT2D eigenvalue weighted by Crippen LogP contribution is 2.48. The van der Waals surface area contributed by atoms with Crippen LogP contribution in [0.4, 0.5) is 0 Å². The number of nitrogens with zero attached hydrogens (tertiary/aromatic N) is 1. The van der Waals surface area contributed by atoms with E-state index in [9.17, 15) is 8.42 Å². The predicted octanol–water partition coefficient (Wildman–Crippen LogP) is 2.86. The summed E-state index contributed by atoms with van der Waals surface area (Å²) in [7, 11) is -2.96. The van der Waals surface area contributed by atoms with Crippen LogP contribution in [-0.2, 0) is 15.3 Å². The van der Waals surface area contributed by atoms with Crippen molar-refractivity contribution in [2.45, 2.75) is 38.0 Å². The highest BCUT2D eigenvalue weighted by molar-refractivity contribution is 9.10. The van der Waals surface area contributed by atoms with E-state index >= 15 is 0 Å². The van der Waals surface area contributed by atoms with Crippen molar-refractivity contribution in [3.05, 3.63) is 34.3 Å². The molecule has 1 aromatic rings. The molecule has 0 aliphatic heterocycles.